The highest BCUT2D eigenvalue weighted by molar-refractivity contribution is 7.90. The number of ether oxygens (including phenoxy) is 1. The molecule has 9 heteroatoms. The molecule has 0 saturated carbocycles. The molecule has 2 aliphatic rings. The first-order valence-electron chi connectivity index (χ1n) is 9.00. The van der Waals surface area contributed by atoms with Crippen LogP contribution in [0.15, 0.2) is 29.2 Å². The van der Waals surface area contributed by atoms with Crippen molar-refractivity contribution < 1.29 is 22.7 Å². The Hall–Kier alpha value is -1.97. The second-order valence-electron chi connectivity index (χ2n) is 6.93. The largest absolute Gasteiger partial charge is 0.375 e. The number of benzene rings is 1. The van der Waals surface area contributed by atoms with Crippen molar-refractivity contribution in [3.05, 3.63) is 29.8 Å². The summed E-state index contributed by atoms with van der Waals surface area (Å²) in [6.07, 6.45) is 0.940. The van der Waals surface area contributed by atoms with E-state index in [1.165, 1.54) is 12.1 Å². The molecule has 27 heavy (non-hydrogen) atoms. The summed E-state index contributed by atoms with van der Waals surface area (Å²) in [4.78, 5) is 28.9. The number of morpholine rings is 1. The molecule has 1 aromatic carbocycles. The fraction of sp³-hybridized carbons (Fsp3) is 0.556. The fourth-order valence-corrected chi connectivity index (χ4v) is 4.05. The van der Waals surface area contributed by atoms with Crippen LogP contribution in [0, 0.1) is 0 Å². The molecule has 1 N–H and O–H groups in total. The molecule has 2 fully saturated rings. The normalized spacial score (nSPS) is 23.9. The van der Waals surface area contributed by atoms with E-state index in [2.05, 4.69) is 5.32 Å². The molecule has 2 saturated heterocycles. The van der Waals surface area contributed by atoms with Gasteiger partial charge in [-0.2, -0.15) is 0 Å². The van der Waals surface area contributed by atoms with Gasteiger partial charge in [-0.1, -0.05) is 6.07 Å². The van der Waals surface area contributed by atoms with Gasteiger partial charge >= 0.3 is 0 Å². The first-order valence-corrected chi connectivity index (χ1v) is 10.9. The van der Waals surface area contributed by atoms with Crippen molar-refractivity contribution in [2.75, 3.05) is 45.6 Å². The molecular weight excluding hydrogens is 370 g/mol. The zero-order valence-corrected chi connectivity index (χ0v) is 16.4. The van der Waals surface area contributed by atoms with Gasteiger partial charge in [0.1, 0.15) is 6.04 Å². The maximum Gasteiger partial charge on any atom is 0.254 e. The highest BCUT2D eigenvalue weighted by Crippen LogP contribution is 2.16. The minimum absolute atomic E-state index is 0.00614. The third-order valence-electron chi connectivity index (χ3n) is 4.97. The number of amides is 2. The van der Waals surface area contributed by atoms with Gasteiger partial charge in [0.2, 0.25) is 5.91 Å². The standard InChI is InChI=1S/C18H25N3O5S/c1-13-16(19-6-11-26-13)18(23)21-9-7-20(8-10-21)17(22)14-4-3-5-15(12-14)27(2,24)25/h3-5,12-13,16,19H,6-11H2,1-2H3/t13-,16+/m1/s1. The summed E-state index contributed by atoms with van der Waals surface area (Å²) in [5.74, 6) is -0.228. The van der Waals surface area contributed by atoms with E-state index in [1.807, 2.05) is 6.92 Å². The Morgan fingerprint density at radius 1 is 1.15 bits per heavy atom. The molecule has 3 rings (SSSR count). The van der Waals surface area contributed by atoms with Gasteiger partial charge in [0.05, 0.1) is 17.6 Å². The molecule has 0 spiro atoms. The lowest BCUT2D eigenvalue weighted by molar-refractivity contribution is -0.140. The number of nitrogens with one attached hydrogen (secondary N) is 1. The van der Waals surface area contributed by atoms with E-state index < -0.39 is 9.84 Å². The summed E-state index contributed by atoms with van der Waals surface area (Å²) in [6, 6.07) is 5.70. The average Bonchev–Trinajstić information content (AvgIpc) is 2.67. The van der Waals surface area contributed by atoms with Crippen molar-refractivity contribution in [1.29, 1.82) is 0 Å². The van der Waals surface area contributed by atoms with Crippen LogP contribution in [0.2, 0.25) is 0 Å². The van der Waals surface area contributed by atoms with Crippen molar-refractivity contribution in [3.63, 3.8) is 0 Å². The second kappa shape index (κ2) is 7.95. The van der Waals surface area contributed by atoms with Crippen LogP contribution in [0.1, 0.15) is 17.3 Å². The Bertz CT molecular complexity index is 818. The van der Waals surface area contributed by atoms with Crippen LogP contribution in [0.5, 0.6) is 0 Å². The van der Waals surface area contributed by atoms with Crippen LogP contribution >= 0.6 is 0 Å². The van der Waals surface area contributed by atoms with Gasteiger partial charge in [-0.15, -0.1) is 0 Å². The SMILES string of the molecule is C[C@H]1OCCN[C@@H]1C(=O)N1CCN(C(=O)c2cccc(S(C)(=O)=O)c2)CC1. The molecule has 2 atom stereocenters. The van der Waals surface area contributed by atoms with Crippen molar-refractivity contribution in [3.8, 4) is 0 Å². The first kappa shape index (κ1) is 19.8. The maximum absolute atomic E-state index is 12.7. The lowest BCUT2D eigenvalue weighted by atomic mass is 10.1. The van der Waals surface area contributed by atoms with E-state index in [-0.39, 0.29) is 28.9 Å². The number of nitrogens with zero attached hydrogens (tertiary/aromatic N) is 2. The van der Waals surface area contributed by atoms with Gasteiger partial charge < -0.3 is 19.9 Å². The Balaban J connectivity index is 1.62. The quantitative estimate of drug-likeness (QED) is 0.758. The Morgan fingerprint density at radius 2 is 1.81 bits per heavy atom. The van der Waals surface area contributed by atoms with Crippen LogP contribution in [0.3, 0.4) is 0 Å². The molecule has 2 heterocycles. The van der Waals surface area contributed by atoms with E-state index in [9.17, 15) is 18.0 Å². The molecule has 2 amide bonds. The van der Waals surface area contributed by atoms with Gasteiger partial charge in [0.15, 0.2) is 9.84 Å². The molecule has 148 valence electrons. The zero-order valence-electron chi connectivity index (χ0n) is 15.6. The molecule has 1 aromatic rings. The van der Waals surface area contributed by atoms with Crippen molar-refractivity contribution in [2.24, 2.45) is 0 Å². The average molecular weight is 395 g/mol. The summed E-state index contributed by atoms with van der Waals surface area (Å²) in [5, 5.41) is 3.19. The maximum atomic E-state index is 12.7. The van der Waals surface area contributed by atoms with Crippen LogP contribution in [-0.4, -0.2) is 87.8 Å². The zero-order chi connectivity index (χ0) is 19.6. The van der Waals surface area contributed by atoms with Crippen molar-refractivity contribution in [1.82, 2.24) is 15.1 Å². The summed E-state index contributed by atoms with van der Waals surface area (Å²) in [5.41, 5.74) is 0.341. The molecule has 8 nitrogen and oxygen atoms in total. The monoisotopic (exact) mass is 395 g/mol. The van der Waals surface area contributed by atoms with Gasteiger partial charge in [-0.25, -0.2) is 8.42 Å². The molecule has 0 unspecified atom stereocenters. The van der Waals surface area contributed by atoms with Crippen molar-refractivity contribution in [2.45, 2.75) is 24.0 Å². The Kier molecular flexibility index (Phi) is 5.83. The Labute approximate surface area is 159 Å². The van der Waals surface area contributed by atoms with E-state index in [0.29, 0.717) is 44.9 Å². The molecular formula is C18H25N3O5S. The Morgan fingerprint density at radius 3 is 2.44 bits per heavy atom. The molecule has 0 radical (unpaired) electrons. The molecule has 0 aliphatic carbocycles. The summed E-state index contributed by atoms with van der Waals surface area (Å²) in [7, 11) is -3.37. The number of carbonyl (C=O) groups is 2. The number of hydrogen-bond donors (Lipinski definition) is 1. The number of sulfone groups is 1. The second-order valence-corrected chi connectivity index (χ2v) is 8.94. The molecule has 2 aliphatic heterocycles. The third kappa shape index (κ3) is 4.48. The van der Waals surface area contributed by atoms with Crippen LogP contribution in [0.4, 0.5) is 0 Å². The van der Waals surface area contributed by atoms with E-state index in [1.54, 1.807) is 21.9 Å². The summed E-state index contributed by atoms with van der Waals surface area (Å²) < 4.78 is 28.9. The van der Waals surface area contributed by atoms with Gasteiger partial charge in [-0.05, 0) is 25.1 Å². The minimum atomic E-state index is -3.37. The number of piperazine rings is 1. The van der Waals surface area contributed by atoms with E-state index >= 15 is 0 Å². The van der Waals surface area contributed by atoms with Crippen LogP contribution in [-0.2, 0) is 19.4 Å². The highest BCUT2D eigenvalue weighted by atomic mass is 32.2. The third-order valence-corrected chi connectivity index (χ3v) is 6.08. The predicted octanol–water partition coefficient (Wildman–Crippen LogP) is -0.249. The van der Waals surface area contributed by atoms with Crippen LogP contribution in [0.25, 0.3) is 0 Å². The molecule has 0 aromatic heterocycles. The first-order chi connectivity index (χ1) is 12.8. The predicted molar refractivity (Wildman–Crippen MR) is 99.2 cm³/mol. The van der Waals surface area contributed by atoms with Crippen LogP contribution < -0.4 is 5.32 Å². The van der Waals surface area contributed by atoms with Gasteiger partial charge in [0, 0.05) is 44.5 Å². The molecule has 0 bridgehead atoms. The summed E-state index contributed by atoms with van der Waals surface area (Å²) in [6.45, 7) is 4.84. The number of hydrogen-bond acceptors (Lipinski definition) is 6. The van der Waals surface area contributed by atoms with E-state index in [0.717, 1.165) is 6.26 Å². The topological polar surface area (TPSA) is 96.0 Å². The highest BCUT2D eigenvalue weighted by Gasteiger charge is 2.34. The van der Waals surface area contributed by atoms with Gasteiger partial charge in [0.25, 0.3) is 5.91 Å². The van der Waals surface area contributed by atoms with E-state index in [4.69, 9.17) is 4.74 Å². The number of carbonyl (C=O) groups excluding carboxylic acids is 2. The summed E-state index contributed by atoms with van der Waals surface area (Å²) >= 11 is 0. The fourth-order valence-electron chi connectivity index (χ4n) is 3.38. The lowest BCUT2D eigenvalue weighted by Crippen LogP contribution is -2.60. The lowest BCUT2D eigenvalue weighted by Gasteiger charge is -2.38. The van der Waals surface area contributed by atoms with Crippen molar-refractivity contribution >= 4 is 21.7 Å². The number of rotatable bonds is 3. The smallest absolute Gasteiger partial charge is 0.254 e. The minimum Gasteiger partial charge on any atom is -0.375 e. The van der Waals surface area contributed by atoms with Gasteiger partial charge in [-0.3, -0.25) is 9.59 Å².